The Morgan fingerprint density at radius 1 is 1.05 bits per heavy atom. The summed E-state index contributed by atoms with van der Waals surface area (Å²) < 4.78 is 5.91. The van der Waals surface area contributed by atoms with Crippen LogP contribution in [0.2, 0.25) is 0 Å². The number of nitrogens with zero attached hydrogens (tertiary/aromatic N) is 1. The van der Waals surface area contributed by atoms with E-state index in [0.717, 1.165) is 18.0 Å². The first-order valence-electron chi connectivity index (χ1n) is 6.75. The van der Waals surface area contributed by atoms with Crippen molar-refractivity contribution in [3.05, 3.63) is 53.6 Å². The lowest BCUT2D eigenvalue weighted by Gasteiger charge is -2.35. The number of para-hydroxylation sites is 2. The molecule has 0 N–H and O–H groups in total. The van der Waals surface area contributed by atoms with E-state index < -0.39 is 0 Å². The number of fused-ring (bicyclic) bond motifs is 1. The van der Waals surface area contributed by atoms with Gasteiger partial charge in [0.05, 0.1) is 12.2 Å². The van der Waals surface area contributed by atoms with Crippen molar-refractivity contribution in [1.29, 1.82) is 0 Å². The fraction of sp³-hybridized carbons (Fsp3) is 0.294. The summed E-state index contributed by atoms with van der Waals surface area (Å²) in [4.78, 5) is 2.37. The van der Waals surface area contributed by atoms with Crippen molar-refractivity contribution in [1.82, 2.24) is 0 Å². The minimum atomic E-state index is 0.204. The Labute approximate surface area is 114 Å². The number of ether oxygens (including phenoxy) is 1. The van der Waals surface area contributed by atoms with Crippen molar-refractivity contribution >= 4 is 11.4 Å². The first-order chi connectivity index (χ1) is 9.15. The molecule has 1 aliphatic heterocycles. The number of rotatable bonds is 1. The molecule has 0 amide bonds. The second-order valence-electron chi connectivity index (χ2n) is 5.30. The van der Waals surface area contributed by atoms with Crippen molar-refractivity contribution in [2.24, 2.45) is 0 Å². The molecule has 2 aromatic carbocycles. The molecule has 0 saturated heterocycles. The van der Waals surface area contributed by atoms with Gasteiger partial charge in [-0.15, -0.1) is 0 Å². The van der Waals surface area contributed by atoms with Crippen LogP contribution in [-0.4, -0.2) is 12.6 Å². The van der Waals surface area contributed by atoms with E-state index in [0.29, 0.717) is 0 Å². The summed E-state index contributed by atoms with van der Waals surface area (Å²) in [6.07, 6.45) is 0.204. The van der Waals surface area contributed by atoms with Gasteiger partial charge in [-0.25, -0.2) is 0 Å². The standard InChI is InChI=1S/C17H19NO/c1-12-8-9-13(2)16(10-12)18-11-14(3)19-17-7-5-4-6-15(17)18/h4-10,14H,11H2,1-3H3. The van der Waals surface area contributed by atoms with Gasteiger partial charge in [0.2, 0.25) is 0 Å². The zero-order chi connectivity index (χ0) is 13.4. The summed E-state index contributed by atoms with van der Waals surface area (Å²) in [5.41, 5.74) is 5.03. The molecule has 0 saturated carbocycles. The molecule has 0 aliphatic carbocycles. The van der Waals surface area contributed by atoms with Gasteiger partial charge in [0.25, 0.3) is 0 Å². The van der Waals surface area contributed by atoms with Gasteiger partial charge in [0.1, 0.15) is 11.9 Å². The van der Waals surface area contributed by atoms with Crippen LogP contribution in [0.25, 0.3) is 0 Å². The van der Waals surface area contributed by atoms with Crippen LogP contribution >= 0.6 is 0 Å². The smallest absolute Gasteiger partial charge is 0.143 e. The Kier molecular flexibility index (Phi) is 2.94. The third kappa shape index (κ3) is 2.19. The van der Waals surface area contributed by atoms with Crippen molar-refractivity contribution in [3.8, 4) is 5.75 Å². The highest BCUT2D eigenvalue weighted by atomic mass is 16.5. The third-order valence-electron chi connectivity index (χ3n) is 3.58. The van der Waals surface area contributed by atoms with Crippen LogP contribution in [0.3, 0.4) is 0 Å². The summed E-state index contributed by atoms with van der Waals surface area (Å²) in [5, 5.41) is 0. The molecule has 1 aliphatic rings. The van der Waals surface area contributed by atoms with Crippen molar-refractivity contribution in [3.63, 3.8) is 0 Å². The minimum Gasteiger partial charge on any atom is -0.487 e. The summed E-state index contributed by atoms with van der Waals surface area (Å²) in [6.45, 7) is 7.31. The first kappa shape index (κ1) is 12.1. The first-order valence-corrected chi connectivity index (χ1v) is 6.75. The van der Waals surface area contributed by atoms with E-state index in [9.17, 15) is 0 Å². The average Bonchev–Trinajstić information content (AvgIpc) is 2.40. The lowest BCUT2D eigenvalue weighted by Crippen LogP contribution is -2.35. The van der Waals surface area contributed by atoms with E-state index in [4.69, 9.17) is 4.74 Å². The van der Waals surface area contributed by atoms with Crippen molar-refractivity contribution < 1.29 is 4.74 Å². The third-order valence-corrected chi connectivity index (χ3v) is 3.58. The Bertz CT molecular complexity index is 606. The Balaban J connectivity index is 2.12. The number of benzene rings is 2. The molecule has 0 bridgehead atoms. The van der Waals surface area contributed by atoms with Crippen molar-refractivity contribution in [2.75, 3.05) is 11.4 Å². The van der Waals surface area contributed by atoms with Crippen LogP contribution in [-0.2, 0) is 0 Å². The van der Waals surface area contributed by atoms with Gasteiger partial charge in [-0.1, -0.05) is 24.3 Å². The number of anilines is 2. The van der Waals surface area contributed by atoms with E-state index in [1.165, 1.54) is 16.8 Å². The molecule has 2 heteroatoms. The van der Waals surface area contributed by atoms with E-state index in [2.05, 4.69) is 56.0 Å². The maximum absolute atomic E-state index is 5.91. The van der Waals surface area contributed by atoms with Crippen LogP contribution < -0.4 is 9.64 Å². The van der Waals surface area contributed by atoms with E-state index in [1.54, 1.807) is 0 Å². The monoisotopic (exact) mass is 253 g/mol. The molecule has 3 rings (SSSR count). The molecule has 2 aromatic rings. The quantitative estimate of drug-likeness (QED) is 0.754. The van der Waals surface area contributed by atoms with Crippen molar-refractivity contribution in [2.45, 2.75) is 26.9 Å². The predicted molar refractivity (Wildman–Crippen MR) is 79.5 cm³/mol. The minimum absolute atomic E-state index is 0.204. The highest BCUT2D eigenvalue weighted by Crippen LogP contribution is 2.39. The zero-order valence-electron chi connectivity index (χ0n) is 11.7. The largest absolute Gasteiger partial charge is 0.487 e. The molecular weight excluding hydrogens is 234 g/mol. The van der Waals surface area contributed by atoms with E-state index in [1.807, 2.05) is 12.1 Å². The Morgan fingerprint density at radius 2 is 1.84 bits per heavy atom. The molecule has 19 heavy (non-hydrogen) atoms. The van der Waals surface area contributed by atoms with Crippen LogP contribution in [0.4, 0.5) is 11.4 Å². The van der Waals surface area contributed by atoms with Crippen LogP contribution in [0.1, 0.15) is 18.1 Å². The van der Waals surface area contributed by atoms with E-state index in [-0.39, 0.29) is 6.10 Å². The molecule has 98 valence electrons. The molecule has 2 nitrogen and oxygen atoms in total. The van der Waals surface area contributed by atoms with Gasteiger partial charge < -0.3 is 9.64 Å². The molecule has 1 heterocycles. The second-order valence-corrected chi connectivity index (χ2v) is 5.30. The van der Waals surface area contributed by atoms with Gasteiger partial charge >= 0.3 is 0 Å². The highest BCUT2D eigenvalue weighted by Gasteiger charge is 2.24. The SMILES string of the molecule is Cc1ccc(C)c(N2CC(C)Oc3ccccc32)c1. The molecule has 0 fully saturated rings. The normalized spacial score (nSPS) is 17.8. The van der Waals surface area contributed by atoms with Gasteiger partial charge in [-0.05, 0) is 50.1 Å². The lowest BCUT2D eigenvalue weighted by atomic mass is 10.1. The summed E-state index contributed by atoms with van der Waals surface area (Å²) >= 11 is 0. The zero-order valence-corrected chi connectivity index (χ0v) is 11.7. The number of hydrogen-bond donors (Lipinski definition) is 0. The second kappa shape index (κ2) is 4.61. The van der Waals surface area contributed by atoms with Crippen LogP contribution in [0.15, 0.2) is 42.5 Å². The van der Waals surface area contributed by atoms with Crippen LogP contribution in [0, 0.1) is 13.8 Å². The maximum atomic E-state index is 5.91. The molecule has 0 aromatic heterocycles. The Hall–Kier alpha value is -1.96. The molecule has 1 unspecified atom stereocenters. The summed E-state index contributed by atoms with van der Waals surface area (Å²) in [5.74, 6) is 0.974. The summed E-state index contributed by atoms with van der Waals surface area (Å²) in [6, 6.07) is 14.9. The maximum Gasteiger partial charge on any atom is 0.143 e. The molecule has 0 spiro atoms. The fourth-order valence-electron chi connectivity index (χ4n) is 2.63. The lowest BCUT2D eigenvalue weighted by molar-refractivity contribution is 0.217. The molecule has 0 radical (unpaired) electrons. The average molecular weight is 253 g/mol. The Morgan fingerprint density at radius 3 is 2.68 bits per heavy atom. The highest BCUT2D eigenvalue weighted by molar-refractivity contribution is 5.72. The molecule has 1 atom stereocenters. The number of hydrogen-bond acceptors (Lipinski definition) is 2. The summed E-state index contributed by atoms with van der Waals surface area (Å²) in [7, 11) is 0. The fourth-order valence-corrected chi connectivity index (χ4v) is 2.63. The number of aryl methyl sites for hydroxylation is 2. The van der Waals surface area contributed by atoms with Gasteiger partial charge in [-0.2, -0.15) is 0 Å². The van der Waals surface area contributed by atoms with Crippen LogP contribution in [0.5, 0.6) is 5.75 Å². The van der Waals surface area contributed by atoms with Gasteiger partial charge in [0, 0.05) is 5.69 Å². The topological polar surface area (TPSA) is 12.5 Å². The molecular formula is C17H19NO. The van der Waals surface area contributed by atoms with Gasteiger partial charge in [0.15, 0.2) is 0 Å². The van der Waals surface area contributed by atoms with E-state index >= 15 is 0 Å². The van der Waals surface area contributed by atoms with Gasteiger partial charge in [-0.3, -0.25) is 0 Å². The predicted octanol–water partition coefficient (Wildman–Crippen LogP) is 4.22.